The fourth-order valence-electron chi connectivity index (χ4n) is 6.29. The van der Waals surface area contributed by atoms with Crippen LogP contribution in [0, 0.1) is 11.6 Å². The molecule has 0 saturated carbocycles. The summed E-state index contributed by atoms with van der Waals surface area (Å²) in [5.41, 5.74) is -2.57. The average Bonchev–Trinajstić information content (AvgIpc) is 2.92. The largest absolute Gasteiger partial charge is 0.417 e. The van der Waals surface area contributed by atoms with E-state index in [9.17, 15) is 40.3 Å². The Kier molecular flexibility index (Phi) is 7.22. The third kappa shape index (κ3) is 4.92. The van der Waals surface area contributed by atoms with Crippen molar-refractivity contribution < 1.29 is 35.5 Å². The summed E-state index contributed by atoms with van der Waals surface area (Å²) in [4.78, 5) is 33.5. The van der Waals surface area contributed by atoms with E-state index in [0.29, 0.717) is 25.0 Å². The molecule has 2 unspecified atom stereocenters. The minimum Gasteiger partial charge on any atom is -0.352 e. The van der Waals surface area contributed by atoms with Gasteiger partial charge in [0.2, 0.25) is 5.91 Å². The van der Waals surface area contributed by atoms with Crippen LogP contribution in [-0.2, 0) is 17.5 Å². The van der Waals surface area contributed by atoms with Crippen LogP contribution in [0.25, 0.3) is 22.0 Å². The first-order valence-corrected chi connectivity index (χ1v) is 14.2. The molecule has 3 aromatic rings. The van der Waals surface area contributed by atoms with Crippen LogP contribution in [0.15, 0.2) is 46.1 Å². The van der Waals surface area contributed by atoms with Gasteiger partial charge in [0, 0.05) is 71.0 Å². The molecule has 2 fully saturated rings. The Morgan fingerprint density at radius 1 is 1.10 bits per heavy atom. The smallest absolute Gasteiger partial charge is 0.352 e. The second kappa shape index (κ2) is 10.6. The highest BCUT2D eigenvalue weighted by Crippen LogP contribution is 2.49. The summed E-state index contributed by atoms with van der Waals surface area (Å²) in [5, 5.41) is 0.0471. The van der Waals surface area contributed by atoms with E-state index in [1.165, 1.54) is 9.47 Å². The fourth-order valence-corrected chi connectivity index (χ4v) is 7.48. The molecule has 222 valence electrons. The van der Waals surface area contributed by atoms with E-state index >= 15 is 0 Å². The van der Waals surface area contributed by atoms with Crippen molar-refractivity contribution in [2.24, 2.45) is 0 Å². The molecule has 6 rings (SSSR count). The SMILES string of the molecule is O=C(/C=C/C(F)F)N1C2CCCC1CN(c1nc(=O)n3c4c(c(-c5ccc(F)cc5F)c(C(F)(F)F)cc14)SCC3)C2. The minimum absolute atomic E-state index is 0.0127. The normalized spacial score (nSPS) is 20.7. The number of thioether (sulfide) groups is 1. The number of piperidine rings is 1. The number of carbonyl (C=O) groups is 1. The molecule has 42 heavy (non-hydrogen) atoms. The summed E-state index contributed by atoms with van der Waals surface area (Å²) in [5.74, 6) is -2.44. The standard InChI is InChI=1S/C28H23F7N4O2S/c29-14-4-5-17(20(30)10-14)23-19(28(33,34)35)11-18-24-25(23)42-9-8-38(24)27(41)36-26(18)37-12-15-2-1-3-16(13-37)39(15)22(40)7-6-21(31)32/h4-7,10-11,15-16,21H,1-3,8-9,12-13H2/b7-6+. The van der Waals surface area contributed by atoms with Gasteiger partial charge < -0.3 is 9.80 Å². The van der Waals surface area contributed by atoms with E-state index in [-0.39, 0.29) is 47.0 Å². The lowest BCUT2D eigenvalue weighted by Gasteiger charge is -2.50. The van der Waals surface area contributed by atoms with Crippen molar-refractivity contribution in [2.45, 2.75) is 55.4 Å². The number of allylic oxidation sites excluding steroid dienone is 1. The maximum atomic E-state index is 14.9. The second-order valence-corrected chi connectivity index (χ2v) is 11.6. The van der Waals surface area contributed by atoms with Crippen molar-refractivity contribution in [3.63, 3.8) is 0 Å². The molecular formula is C28H23F7N4O2S. The molecule has 2 saturated heterocycles. The number of alkyl halides is 5. The number of piperazine rings is 1. The van der Waals surface area contributed by atoms with Crippen LogP contribution in [-0.4, -0.2) is 57.7 Å². The maximum Gasteiger partial charge on any atom is 0.417 e. The third-order valence-electron chi connectivity index (χ3n) is 7.93. The van der Waals surface area contributed by atoms with Crippen molar-refractivity contribution in [1.82, 2.24) is 14.5 Å². The molecule has 0 N–H and O–H groups in total. The average molecular weight is 613 g/mol. The van der Waals surface area contributed by atoms with Crippen molar-refractivity contribution in [2.75, 3.05) is 23.7 Å². The molecule has 0 radical (unpaired) electrons. The van der Waals surface area contributed by atoms with Gasteiger partial charge in [0.1, 0.15) is 17.5 Å². The van der Waals surface area contributed by atoms with E-state index in [2.05, 4.69) is 4.98 Å². The third-order valence-corrected chi connectivity index (χ3v) is 9.00. The van der Waals surface area contributed by atoms with Crippen LogP contribution in [0.3, 0.4) is 0 Å². The maximum absolute atomic E-state index is 14.9. The second-order valence-electron chi connectivity index (χ2n) is 10.4. The molecule has 1 amide bonds. The van der Waals surface area contributed by atoms with Gasteiger partial charge in [-0.15, -0.1) is 11.8 Å². The minimum atomic E-state index is -4.93. The van der Waals surface area contributed by atoms with Gasteiger partial charge in [0.25, 0.3) is 6.43 Å². The van der Waals surface area contributed by atoms with Crippen LogP contribution in [0.2, 0.25) is 0 Å². The number of aromatic nitrogens is 2. The zero-order valence-electron chi connectivity index (χ0n) is 21.8. The number of hydrogen-bond donors (Lipinski definition) is 0. The highest BCUT2D eigenvalue weighted by Gasteiger charge is 2.42. The van der Waals surface area contributed by atoms with Gasteiger partial charge >= 0.3 is 11.9 Å². The Hall–Kier alpha value is -3.55. The zero-order valence-corrected chi connectivity index (χ0v) is 22.6. The Morgan fingerprint density at radius 3 is 2.45 bits per heavy atom. The first kappa shape index (κ1) is 28.6. The van der Waals surface area contributed by atoms with Gasteiger partial charge in [0.15, 0.2) is 0 Å². The number of carbonyl (C=O) groups excluding carboxylic acids is 1. The Morgan fingerprint density at radius 2 is 1.81 bits per heavy atom. The predicted molar refractivity (Wildman–Crippen MR) is 143 cm³/mol. The number of hydrogen-bond acceptors (Lipinski definition) is 5. The Labute approximate surface area is 238 Å². The summed E-state index contributed by atoms with van der Waals surface area (Å²) < 4.78 is 99.1. The van der Waals surface area contributed by atoms with Crippen molar-refractivity contribution in [3.8, 4) is 11.1 Å². The molecule has 2 atom stereocenters. The summed E-state index contributed by atoms with van der Waals surface area (Å²) in [7, 11) is 0. The fraction of sp³-hybridized carbons (Fsp3) is 0.393. The van der Waals surface area contributed by atoms with Crippen LogP contribution in [0.1, 0.15) is 24.8 Å². The van der Waals surface area contributed by atoms with Crippen LogP contribution in [0.5, 0.6) is 0 Å². The summed E-state index contributed by atoms with van der Waals surface area (Å²) in [6.45, 7) is 0.434. The number of aryl methyl sites for hydroxylation is 1. The molecule has 4 heterocycles. The lowest BCUT2D eigenvalue weighted by atomic mass is 9.90. The Bertz CT molecular complexity index is 1660. The first-order valence-electron chi connectivity index (χ1n) is 13.2. The van der Waals surface area contributed by atoms with Gasteiger partial charge in [0.05, 0.1) is 11.1 Å². The highest BCUT2D eigenvalue weighted by atomic mass is 32.2. The van der Waals surface area contributed by atoms with E-state index in [4.69, 9.17) is 0 Å². The molecule has 3 aliphatic heterocycles. The van der Waals surface area contributed by atoms with Crippen molar-refractivity contribution in [3.05, 3.63) is 64.1 Å². The predicted octanol–water partition coefficient (Wildman–Crippen LogP) is 5.86. The number of benzene rings is 2. The van der Waals surface area contributed by atoms with E-state index in [0.717, 1.165) is 42.5 Å². The molecule has 1 aromatic heterocycles. The zero-order chi connectivity index (χ0) is 29.9. The van der Waals surface area contributed by atoms with Gasteiger partial charge in [-0.25, -0.2) is 22.4 Å². The highest BCUT2D eigenvalue weighted by molar-refractivity contribution is 7.99. The van der Waals surface area contributed by atoms with Crippen LogP contribution in [0.4, 0.5) is 36.6 Å². The number of rotatable bonds is 4. The van der Waals surface area contributed by atoms with Crippen molar-refractivity contribution >= 4 is 34.4 Å². The molecular weight excluding hydrogens is 589 g/mol. The number of fused-ring (bicyclic) bond motifs is 2. The van der Waals surface area contributed by atoms with E-state index in [1.807, 2.05) is 0 Å². The van der Waals surface area contributed by atoms with Gasteiger partial charge in [-0.1, -0.05) is 0 Å². The molecule has 3 aliphatic rings. The molecule has 0 spiro atoms. The Balaban J connectivity index is 1.53. The molecule has 2 bridgehead atoms. The molecule has 6 nitrogen and oxygen atoms in total. The molecule has 14 heteroatoms. The monoisotopic (exact) mass is 612 g/mol. The van der Waals surface area contributed by atoms with Gasteiger partial charge in [-0.2, -0.15) is 18.2 Å². The van der Waals surface area contributed by atoms with Gasteiger partial charge in [-0.05, 0) is 43.5 Å². The summed E-state index contributed by atoms with van der Waals surface area (Å²) in [6, 6.07) is 2.35. The lowest BCUT2D eigenvalue weighted by molar-refractivity contribution is -0.137. The number of nitrogens with zero attached hydrogens (tertiary/aromatic N) is 4. The first-order chi connectivity index (χ1) is 19.9. The quantitative estimate of drug-likeness (QED) is 0.273. The summed E-state index contributed by atoms with van der Waals surface area (Å²) >= 11 is 1.05. The van der Waals surface area contributed by atoms with Gasteiger partial charge in [-0.3, -0.25) is 9.36 Å². The van der Waals surface area contributed by atoms with Crippen molar-refractivity contribution in [1.29, 1.82) is 0 Å². The number of halogens is 7. The topological polar surface area (TPSA) is 58.4 Å². The van der Waals surface area contributed by atoms with E-state index < -0.39 is 64.6 Å². The number of amides is 1. The molecule has 2 aromatic carbocycles. The van der Waals surface area contributed by atoms with Crippen LogP contribution >= 0.6 is 11.8 Å². The molecule has 0 aliphatic carbocycles. The van der Waals surface area contributed by atoms with E-state index in [1.54, 1.807) is 4.90 Å². The summed E-state index contributed by atoms with van der Waals surface area (Å²) in [6.07, 6.45) is -4.53. The van der Waals surface area contributed by atoms with Crippen LogP contribution < -0.4 is 10.6 Å². The lowest BCUT2D eigenvalue weighted by Crippen LogP contribution is -2.62. The number of anilines is 1.